The lowest BCUT2D eigenvalue weighted by atomic mass is 9.88. The molecule has 164 valence electrons. The maximum Gasteiger partial charge on any atom is 0.220 e. The van der Waals surface area contributed by atoms with E-state index < -0.39 is 0 Å². The van der Waals surface area contributed by atoms with Gasteiger partial charge in [0, 0.05) is 58.1 Å². The summed E-state index contributed by atoms with van der Waals surface area (Å²) in [6, 6.07) is 21.4. The number of hydrogen-bond donors (Lipinski definition) is 1. The summed E-state index contributed by atoms with van der Waals surface area (Å²) in [6.07, 6.45) is 3.09. The molecule has 0 bridgehead atoms. The highest BCUT2D eigenvalue weighted by Crippen LogP contribution is 2.35. The molecule has 1 atom stereocenters. The third-order valence-corrected chi connectivity index (χ3v) is 6.54. The van der Waals surface area contributed by atoms with Gasteiger partial charge in [0.05, 0.1) is 0 Å². The highest BCUT2D eigenvalue weighted by Gasteiger charge is 2.22. The molecule has 0 spiro atoms. The van der Waals surface area contributed by atoms with Crippen LogP contribution < -0.4 is 5.32 Å². The van der Waals surface area contributed by atoms with E-state index in [4.69, 9.17) is 34.8 Å². The lowest BCUT2D eigenvalue weighted by molar-refractivity contribution is -0.121. The summed E-state index contributed by atoms with van der Waals surface area (Å²) in [5.74, 6) is -0.0968. The van der Waals surface area contributed by atoms with E-state index in [2.05, 4.69) is 28.2 Å². The molecule has 3 nitrogen and oxygen atoms in total. The van der Waals surface area contributed by atoms with E-state index in [0.717, 1.165) is 27.6 Å². The van der Waals surface area contributed by atoms with Crippen molar-refractivity contribution < 1.29 is 4.79 Å². The van der Waals surface area contributed by atoms with Gasteiger partial charge in [-0.25, -0.2) is 0 Å². The Morgan fingerprint density at radius 3 is 2.44 bits per heavy atom. The van der Waals surface area contributed by atoms with Gasteiger partial charge in [0.15, 0.2) is 0 Å². The number of aromatic nitrogens is 1. The van der Waals surface area contributed by atoms with Crippen LogP contribution in [0, 0.1) is 0 Å². The molecule has 1 heterocycles. The minimum Gasteiger partial charge on any atom is -0.356 e. The molecule has 0 radical (unpaired) electrons. The maximum absolute atomic E-state index is 12.9. The molecule has 1 N–H and O–H groups in total. The van der Waals surface area contributed by atoms with Gasteiger partial charge in [-0.2, -0.15) is 0 Å². The van der Waals surface area contributed by atoms with Gasteiger partial charge in [0.2, 0.25) is 5.91 Å². The van der Waals surface area contributed by atoms with Gasteiger partial charge in [-0.05, 0) is 53.4 Å². The summed E-state index contributed by atoms with van der Waals surface area (Å²) in [4.78, 5) is 12.9. The van der Waals surface area contributed by atoms with E-state index in [1.54, 1.807) is 6.07 Å². The number of aryl methyl sites for hydroxylation is 1. The first kappa shape index (κ1) is 22.7. The number of nitrogens with zero attached hydrogens (tertiary/aromatic N) is 1. The van der Waals surface area contributed by atoms with E-state index in [1.807, 2.05) is 55.6 Å². The van der Waals surface area contributed by atoms with Crippen LogP contribution in [0.2, 0.25) is 15.1 Å². The molecule has 3 aromatic carbocycles. The Labute approximate surface area is 202 Å². The van der Waals surface area contributed by atoms with Crippen LogP contribution in [0.5, 0.6) is 0 Å². The molecule has 0 aliphatic rings. The fourth-order valence-corrected chi connectivity index (χ4v) is 4.70. The number of rotatable bonds is 7. The number of halogens is 3. The molecule has 4 aromatic rings. The second-order valence-electron chi connectivity index (χ2n) is 7.86. The number of amides is 1. The van der Waals surface area contributed by atoms with Crippen LogP contribution in [0.25, 0.3) is 10.9 Å². The second-order valence-corrected chi connectivity index (χ2v) is 9.14. The summed E-state index contributed by atoms with van der Waals surface area (Å²) in [7, 11) is 2.03. The van der Waals surface area contributed by atoms with E-state index in [-0.39, 0.29) is 11.8 Å². The van der Waals surface area contributed by atoms with Crippen LogP contribution in [0.15, 0.2) is 72.9 Å². The van der Waals surface area contributed by atoms with Crippen LogP contribution in [-0.4, -0.2) is 17.0 Å². The molecule has 32 heavy (non-hydrogen) atoms. The van der Waals surface area contributed by atoms with Crippen molar-refractivity contribution in [2.45, 2.75) is 18.8 Å². The summed E-state index contributed by atoms with van der Waals surface area (Å²) in [5, 5.41) is 6.08. The Kier molecular flexibility index (Phi) is 7.10. The standard InChI is InChI=1S/C26H23Cl3N2O/c1-31-16-23(21-4-2-3-5-25(21)31)22(17-6-9-19(27)10-7-17)15-26(32)30-13-12-18-8-11-20(28)14-24(18)29/h2-11,14,16,22H,12-13,15H2,1H3,(H,30,32)/t22-/m1/s1. The fraction of sp³-hybridized carbons (Fsp3) is 0.192. The van der Waals surface area contributed by atoms with Gasteiger partial charge < -0.3 is 9.88 Å². The predicted octanol–water partition coefficient (Wildman–Crippen LogP) is 7.02. The SMILES string of the molecule is Cn1cc([C@H](CC(=O)NCCc2ccc(Cl)cc2Cl)c2ccc(Cl)cc2)c2ccccc21. The summed E-state index contributed by atoms with van der Waals surface area (Å²) >= 11 is 18.3. The minimum absolute atomic E-state index is 0.0111. The van der Waals surface area contributed by atoms with Gasteiger partial charge in [0.25, 0.3) is 0 Å². The topological polar surface area (TPSA) is 34.0 Å². The van der Waals surface area contributed by atoms with Gasteiger partial charge >= 0.3 is 0 Å². The molecule has 0 unspecified atom stereocenters. The first-order chi connectivity index (χ1) is 15.4. The molecule has 1 amide bonds. The Morgan fingerprint density at radius 1 is 0.969 bits per heavy atom. The normalized spacial score (nSPS) is 12.1. The van der Waals surface area contributed by atoms with Crippen molar-refractivity contribution in [3.63, 3.8) is 0 Å². The molecule has 6 heteroatoms. The first-order valence-corrected chi connectivity index (χ1v) is 11.6. The van der Waals surface area contributed by atoms with Crippen molar-refractivity contribution in [3.8, 4) is 0 Å². The minimum atomic E-state index is -0.0857. The second kappa shape index (κ2) is 9.99. The molecule has 4 rings (SSSR count). The van der Waals surface area contributed by atoms with E-state index in [1.165, 1.54) is 0 Å². The van der Waals surface area contributed by atoms with Gasteiger partial charge in [-0.1, -0.05) is 71.2 Å². The zero-order valence-corrected chi connectivity index (χ0v) is 19.9. The lowest BCUT2D eigenvalue weighted by Gasteiger charge is -2.17. The summed E-state index contributed by atoms with van der Waals surface area (Å²) in [6.45, 7) is 0.503. The van der Waals surface area contributed by atoms with Crippen LogP contribution in [0.3, 0.4) is 0 Å². The third-order valence-electron chi connectivity index (χ3n) is 5.70. The number of carbonyl (C=O) groups is 1. The molecule has 0 aliphatic heterocycles. The van der Waals surface area contributed by atoms with E-state index >= 15 is 0 Å². The maximum atomic E-state index is 12.9. The third kappa shape index (κ3) is 5.12. The average Bonchev–Trinajstić information content (AvgIpc) is 3.11. The largest absolute Gasteiger partial charge is 0.356 e. The van der Waals surface area contributed by atoms with Crippen LogP contribution >= 0.6 is 34.8 Å². The number of benzene rings is 3. The van der Waals surface area contributed by atoms with E-state index in [0.29, 0.717) is 34.5 Å². The molecule has 0 aliphatic carbocycles. The summed E-state index contributed by atoms with van der Waals surface area (Å²) in [5.41, 5.74) is 4.28. The Balaban J connectivity index is 1.54. The molecule has 0 fully saturated rings. The fourth-order valence-electron chi connectivity index (χ4n) is 4.07. The zero-order chi connectivity index (χ0) is 22.7. The van der Waals surface area contributed by atoms with Gasteiger partial charge in [0.1, 0.15) is 0 Å². The molecule has 1 aromatic heterocycles. The van der Waals surface area contributed by atoms with Gasteiger partial charge in [-0.15, -0.1) is 0 Å². The van der Waals surface area contributed by atoms with Crippen molar-refractivity contribution >= 4 is 51.6 Å². The first-order valence-electron chi connectivity index (χ1n) is 10.4. The molecular weight excluding hydrogens is 463 g/mol. The highest BCUT2D eigenvalue weighted by atomic mass is 35.5. The molecule has 0 saturated carbocycles. The molecule has 0 saturated heterocycles. The van der Waals surface area contributed by atoms with Crippen LogP contribution in [0.1, 0.15) is 29.0 Å². The van der Waals surface area contributed by atoms with E-state index in [9.17, 15) is 4.79 Å². The Hall–Kier alpha value is -2.46. The van der Waals surface area contributed by atoms with Crippen molar-refractivity contribution in [1.29, 1.82) is 0 Å². The monoisotopic (exact) mass is 484 g/mol. The Bertz CT molecular complexity index is 1250. The van der Waals surface area contributed by atoms with Crippen LogP contribution in [-0.2, 0) is 18.3 Å². The quantitative estimate of drug-likeness (QED) is 0.300. The smallest absolute Gasteiger partial charge is 0.220 e. The lowest BCUT2D eigenvalue weighted by Crippen LogP contribution is -2.27. The average molecular weight is 486 g/mol. The van der Waals surface area contributed by atoms with Crippen molar-refractivity contribution in [2.75, 3.05) is 6.54 Å². The Morgan fingerprint density at radius 2 is 1.69 bits per heavy atom. The van der Waals surface area contributed by atoms with Crippen molar-refractivity contribution in [3.05, 3.63) is 105 Å². The predicted molar refractivity (Wildman–Crippen MR) is 134 cm³/mol. The van der Waals surface area contributed by atoms with Crippen LogP contribution in [0.4, 0.5) is 0 Å². The summed E-state index contributed by atoms with van der Waals surface area (Å²) < 4.78 is 2.11. The number of carbonyl (C=O) groups excluding carboxylic acids is 1. The van der Waals surface area contributed by atoms with Crippen molar-refractivity contribution in [2.24, 2.45) is 7.05 Å². The molecular formula is C26H23Cl3N2O. The number of para-hydroxylation sites is 1. The van der Waals surface area contributed by atoms with Gasteiger partial charge in [-0.3, -0.25) is 4.79 Å². The highest BCUT2D eigenvalue weighted by molar-refractivity contribution is 6.35. The number of fused-ring (bicyclic) bond motifs is 1. The zero-order valence-electron chi connectivity index (χ0n) is 17.6. The number of nitrogens with one attached hydrogen (secondary N) is 1. The number of hydrogen-bond acceptors (Lipinski definition) is 1. The van der Waals surface area contributed by atoms with Crippen molar-refractivity contribution in [1.82, 2.24) is 9.88 Å².